The standard InChI is InChI=1S/C19H16Cl2N4O3S2.C19H18ClN5O3S2/c20-16-10-22-23-17-9-13(1-3-15(16)17)11-24-6-7-25(12-19(24)26)30(27,28)8-5-14-2-4-18(21)29-14;20-18-4-2-14(29-18)5-8-30(27,28)25-7-6-24(19(26)12-25)11-13-1-3-15-16(21)10-22-23-17(15)9-13/h1-5,8-10H,6-7,11-12H2;1-5,8-10H,6-7,11-12H2,(H2,21,23)/b2*8-5+. The number of benzene rings is 2. The summed E-state index contributed by atoms with van der Waals surface area (Å²) in [6.45, 7) is 1.39. The Hall–Kier alpha value is -4.57. The number of nitrogens with two attached hydrogens (primary N) is 1. The monoisotopic (exact) mass is 945 g/mol. The summed E-state index contributed by atoms with van der Waals surface area (Å²) in [7, 11) is -7.40. The summed E-state index contributed by atoms with van der Waals surface area (Å²) < 4.78 is 53.8. The van der Waals surface area contributed by atoms with Crippen molar-refractivity contribution in [3.05, 3.63) is 118 Å². The average Bonchev–Trinajstić information content (AvgIpc) is 3.85. The van der Waals surface area contributed by atoms with E-state index >= 15 is 0 Å². The minimum atomic E-state index is -3.70. The molecule has 15 nitrogen and oxygen atoms in total. The summed E-state index contributed by atoms with van der Waals surface area (Å²) in [5.41, 5.74) is 9.48. The topological polar surface area (TPSA) is 193 Å². The van der Waals surface area contributed by atoms with Crippen LogP contribution in [0.15, 0.2) is 83.9 Å². The molecule has 2 saturated heterocycles. The van der Waals surface area contributed by atoms with Crippen LogP contribution in [0.25, 0.3) is 34.0 Å². The highest BCUT2D eigenvalue weighted by Gasteiger charge is 2.32. The van der Waals surface area contributed by atoms with E-state index in [1.54, 1.807) is 34.1 Å². The van der Waals surface area contributed by atoms with Crippen molar-refractivity contribution in [3.63, 3.8) is 0 Å². The molecule has 6 heterocycles. The average molecular weight is 947 g/mol. The van der Waals surface area contributed by atoms with Gasteiger partial charge in [0.25, 0.3) is 0 Å². The number of hydrogen-bond donors (Lipinski definition) is 1. The summed E-state index contributed by atoms with van der Waals surface area (Å²) in [6, 6.07) is 18.0. The number of halogens is 3. The van der Waals surface area contributed by atoms with Crippen LogP contribution in [0.2, 0.25) is 13.7 Å². The van der Waals surface area contributed by atoms with Crippen LogP contribution < -0.4 is 5.73 Å². The number of hydrogen-bond acceptors (Lipinski definition) is 13. The van der Waals surface area contributed by atoms with Crippen molar-refractivity contribution < 1.29 is 26.4 Å². The van der Waals surface area contributed by atoms with E-state index in [0.29, 0.717) is 56.6 Å². The molecule has 0 atom stereocenters. The SMILES string of the molecule is Nc1cnnc2cc(CN3CCN(S(=O)(=O)/C=C/c4ccc(Cl)s4)CC3=O)ccc12.O=C1CN(S(=O)(=O)/C=C/c2ccc(Cl)s2)CCN1Cc1ccc2c(Cl)cnnc2c1. The first kappa shape index (κ1) is 43.5. The van der Waals surface area contributed by atoms with Gasteiger partial charge in [-0.25, -0.2) is 16.8 Å². The van der Waals surface area contributed by atoms with E-state index in [0.717, 1.165) is 42.5 Å². The van der Waals surface area contributed by atoms with E-state index in [9.17, 15) is 26.4 Å². The Morgan fingerprint density at radius 2 is 1.10 bits per heavy atom. The van der Waals surface area contributed by atoms with E-state index in [1.807, 2.05) is 36.4 Å². The highest BCUT2D eigenvalue weighted by molar-refractivity contribution is 7.92. The number of carbonyl (C=O) groups excluding carboxylic acids is 2. The largest absolute Gasteiger partial charge is 0.397 e. The molecule has 0 bridgehead atoms. The molecule has 0 saturated carbocycles. The lowest BCUT2D eigenvalue weighted by Gasteiger charge is -2.33. The third-order valence-electron chi connectivity index (χ3n) is 9.42. The molecule has 2 fully saturated rings. The van der Waals surface area contributed by atoms with Gasteiger partial charge in [0.05, 0.1) is 55.9 Å². The van der Waals surface area contributed by atoms with Crippen molar-refractivity contribution in [3.8, 4) is 0 Å². The number of sulfonamides is 2. The van der Waals surface area contributed by atoms with Crippen LogP contribution in [-0.4, -0.2) is 107 Å². The van der Waals surface area contributed by atoms with Crippen molar-refractivity contribution >= 4 is 129 Å². The fraction of sp³-hybridized carbons (Fsp3) is 0.211. The Morgan fingerprint density at radius 3 is 1.57 bits per heavy atom. The van der Waals surface area contributed by atoms with Gasteiger partial charge in [-0.2, -0.15) is 29.0 Å². The van der Waals surface area contributed by atoms with Crippen LogP contribution in [0.4, 0.5) is 5.69 Å². The Labute approximate surface area is 368 Å². The summed E-state index contributed by atoms with van der Waals surface area (Å²) in [5.74, 6) is -0.509. The minimum Gasteiger partial charge on any atom is -0.397 e. The molecular weight excluding hydrogens is 913 g/mol. The molecule has 60 heavy (non-hydrogen) atoms. The summed E-state index contributed by atoms with van der Waals surface area (Å²) in [5, 5.41) is 20.2. The van der Waals surface area contributed by atoms with Gasteiger partial charge in [0.1, 0.15) is 0 Å². The van der Waals surface area contributed by atoms with E-state index in [4.69, 9.17) is 40.5 Å². The molecule has 312 valence electrons. The summed E-state index contributed by atoms with van der Waals surface area (Å²) in [4.78, 5) is 29.9. The Kier molecular flexibility index (Phi) is 13.5. The molecule has 2 N–H and O–H groups in total. The van der Waals surface area contributed by atoms with Gasteiger partial charge in [0.2, 0.25) is 31.9 Å². The molecule has 2 aromatic carbocycles. The first-order valence-electron chi connectivity index (χ1n) is 18.0. The van der Waals surface area contributed by atoms with Gasteiger partial charge in [0, 0.05) is 70.6 Å². The molecule has 4 aromatic heterocycles. The number of nitrogen functional groups attached to an aromatic ring is 1. The Bertz CT molecular complexity index is 2680. The van der Waals surface area contributed by atoms with Crippen molar-refractivity contribution in [1.82, 2.24) is 38.8 Å². The number of carbonyl (C=O) groups is 2. The molecule has 0 unspecified atom stereocenters. The molecule has 0 radical (unpaired) electrons. The molecule has 0 aliphatic carbocycles. The quantitative estimate of drug-likeness (QED) is 0.164. The molecule has 2 amide bonds. The van der Waals surface area contributed by atoms with Crippen LogP contribution in [0.1, 0.15) is 20.9 Å². The van der Waals surface area contributed by atoms with Crippen LogP contribution in [-0.2, 0) is 42.7 Å². The normalized spacial score (nSPS) is 16.1. The van der Waals surface area contributed by atoms with E-state index < -0.39 is 20.0 Å². The number of aromatic nitrogens is 4. The highest BCUT2D eigenvalue weighted by atomic mass is 35.5. The third kappa shape index (κ3) is 10.7. The molecule has 8 rings (SSSR count). The number of piperazine rings is 2. The second kappa shape index (κ2) is 18.6. The maximum atomic E-state index is 12.6. The number of anilines is 1. The fourth-order valence-electron chi connectivity index (χ4n) is 6.29. The van der Waals surface area contributed by atoms with Gasteiger partial charge in [-0.3, -0.25) is 9.59 Å². The minimum absolute atomic E-state index is 0.196. The van der Waals surface area contributed by atoms with E-state index in [1.165, 1.54) is 55.8 Å². The first-order valence-corrected chi connectivity index (χ1v) is 23.7. The van der Waals surface area contributed by atoms with Crippen molar-refractivity contribution in [2.75, 3.05) is 45.0 Å². The maximum Gasteiger partial charge on any atom is 0.238 e. The van der Waals surface area contributed by atoms with Crippen LogP contribution in [0.3, 0.4) is 0 Å². The lowest BCUT2D eigenvalue weighted by molar-refractivity contribution is -0.135. The lowest BCUT2D eigenvalue weighted by Crippen LogP contribution is -2.51. The van der Waals surface area contributed by atoms with Crippen LogP contribution in [0.5, 0.6) is 0 Å². The van der Waals surface area contributed by atoms with Gasteiger partial charge in [-0.15, -0.1) is 22.7 Å². The zero-order valence-electron chi connectivity index (χ0n) is 31.3. The van der Waals surface area contributed by atoms with Gasteiger partial charge in [-0.1, -0.05) is 59.1 Å². The van der Waals surface area contributed by atoms with Crippen molar-refractivity contribution in [2.24, 2.45) is 0 Å². The van der Waals surface area contributed by atoms with Gasteiger partial charge in [-0.05, 0) is 59.7 Å². The molecule has 22 heteroatoms. The molecule has 6 aromatic rings. The van der Waals surface area contributed by atoms with E-state index in [2.05, 4.69) is 20.4 Å². The summed E-state index contributed by atoms with van der Waals surface area (Å²) in [6.07, 6.45) is 5.95. The van der Waals surface area contributed by atoms with Crippen molar-refractivity contribution in [2.45, 2.75) is 13.1 Å². The third-order valence-corrected chi connectivity index (χ3v) is 15.1. The molecule has 0 spiro atoms. The van der Waals surface area contributed by atoms with E-state index in [-0.39, 0.29) is 38.0 Å². The fourth-order valence-corrected chi connectivity index (χ4v) is 10.8. The lowest BCUT2D eigenvalue weighted by atomic mass is 10.1. The number of amides is 2. The number of thiophene rings is 2. The number of fused-ring (bicyclic) bond motifs is 2. The molecule has 2 aliphatic heterocycles. The van der Waals surface area contributed by atoms with Gasteiger partial charge >= 0.3 is 0 Å². The van der Waals surface area contributed by atoms with Crippen LogP contribution in [0, 0.1) is 0 Å². The first-order chi connectivity index (χ1) is 28.6. The highest BCUT2D eigenvalue weighted by Crippen LogP contribution is 2.26. The molecule has 2 aliphatic rings. The smallest absolute Gasteiger partial charge is 0.238 e. The number of rotatable bonds is 10. The zero-order chi connectivity index (χ0) is 42.6. The second-order valence-electron chi connectivity index (χ2n) is 13.5. The Balaban J connectivity index is 0.000000181. The Morgan fingerprint density at radius 1 is 0.633 bits per heavy atom. The van der Waals surface area contributed by atoms with Crippen LogP contribution >= 0.6 is 57.5 Å². The predicted octanol–water partition coefficient (Wildman–Crippen LogP) is 6.21. The van der Waals surface area contributed by atoms with Gasteiger partial charge in [0.15, 0.2) is 0 Å². The second-order valence-corrected chi connectivity index (χ2v) is 21.0. The predicted molar refractivity (Wildman–Crippen MR) is 237 cm³/mol. The summed E-state index contributed by atoms with van der Waals surface area (Å²) >= 11 is 20.4. The van der Waals surface area contributed by atoms with Crippen molar-refractivity contribution in [1.29, 1.82) is 0 Å². The maximum absolute atomic E-state index is 12.6. The molecular formula is C38H34Cl3N9O6S4. The number of nitrogens with zero attached hydrogens (tertiary/aromatic N) is 8. The zero-order valence-corrected chi connectivity index (χ0v) is 36.8. The van der Waals surface area contributed by atoms with Gasteiger partial charge < -0.3 is 15.5 Å².